The maximum absolute atomic E-state index is 5.34. The summed E-state index contributed by atoms with van der Waals surface area (Å²) in [6.45, 7) is 6.84. The van der Waals surface area contributed by atoms with Gasteiger partial charge in [0.05, 0.1) is 40.1 Å². The Hall–Kier alpha value is -0.200. The minimum Gasteiger partial charge on any atom is -0.379 e. The minimum atomic E-state index is 0.611. The summed E-state index contributed by atoms with van der Waals surface area (Å²) in [6, 6.07) is 0. The lowest BCUT2D eigenvalue weighted by Crippen LogP contribution is -2.19. The van der Waals surface area contributed by atoms with E-state index in [2.05, 4.69) is 17.2 Å². The molecule has 0 rings (SSSR count). The molecule has 0 fully saturated rings. The van der Waals surface area contributed by atoms with Crippen LogP contribution in [0.5, 0.6) is 0 Å². The van der Waals surface area contributed by atoms with E-state index >= 15 is 0 Å². The van der Waals surface area contributed by atoms with E-state index in [9.17, 15) is 0 Å². The number of ether oxygens (including phenoxy) is 3. The lowest BCUT2D eigenvalue weighted by Gasteiger charge is -2.06. The highest BCUT2D eigenvalue weighted by Crippen LogP contribution is 1.87. The first-order chi connectivity index (χ1) is 7.91. The maximum Gasteiger partial charge on any atom is 0.0701 e. The van der Waals surface area contributed by atoms with E-state index in [0.29, 0.717) is 39.6 Å². The molecule has 0 aromatic heterocycles. The van der Waals surface area contributed by atoms with Crippen LogP contribution in [0, 0.1) is 0 Å². The van der Waals surface area contributed by atoms with Gasteiger partial charge in [-0.3, -0.25) is 0 Å². The molecule has 0 aliphatic rings. The molecular formula is C11H25NO4. The van der Waals surface area contributed by atoms with Crippen LogP contribution in [-0.4, -0.2) is 53.3 Å². The molecule has 98 valence electrons. The standard InChI is InChI=1S/C11H25NO4/c1-3-4-6-14-8-10-16-11-9-15-7-5-12-13-2/h12H,3-11H2,1-2H3. The number of hydrogen-bond donors (Lipinski definition) is 1. The summed E-state index contributed by atoms with van der Waals surface area (Å²) < 4.78 is 15.9. The Bertz CT molecular complexity index is 111. The van der Waals surface area contributed by atoms with Crippen LogP contribution < -0.4 is 5.48 Å². The summed E-state index contributed by atoms with van der Waals surface area (Å²) >= 11 is 0. The van der Waals surface area contributed by atoms with Crippen molar-refractivity contribution in [3.8, 4) is 0 Å². The zero-order valence-electron chi connectivity index (χ0n) is 10.5. The van der Waals surface area contributed by atoms with Gasteiger partial charge in [0.1, 0.15) is 0 Å². The summed E-state index contributed by atoms with van der Waals surface area (Å²) in [7, 11) is 1.58. The summed E-state index contributed by atoms with van der Waals surface area (Å²) in [4.78, 5) is 4.66. The summed E-state index contributed by atoms with van der Waals surface area (Å²) in [5.74, 6) is 0. The van der Waals surface area contributed by atoms with Crippen LogP contribution in [0.3, 0.4) is 0 Å². The van der Waals surface area contributed by atoms with Crippen LogP contribution in [0.4, 0.5) is 0 Å². The van der Waals surface area contributed by atoms with Crippen molar-refractivity contribution in [3.05, 3.63) is 0 Å². The van der Waals surface area contributed by atoms with Crippen LogP contribution in [-0.2, 0) is 19.0 Å². The number of unbranched alkanes of at least 4 members (excludes halogenated alkanes) is 1. The molecule has 0 atom stereocenters. The summed E-state index contributed by atoms with van der Waals surface area (Å²) in [5, 5.41) is 0. The Morgan fingerprint density at radius 1 is 0.812 bits per heavy atom. The molecular weight excluding hydrogens is 210 g/mol. The van der Waals surface area contributed by atoms with E-state index in [-0.39, 0.29) is 0 Å². The number of nitrogens with one attached hydrogen (secondary N) is 1. The van der Waals surface area contributed by atoms with Crippen LogP contribution in [0.15, 0.2) is 0 Å². The fourth-order valence-corrected chi connectivity index (χ4v) is 1.00. The summed E-state index contributed by atoms with van der Waals surface area (Å²) in [6.07, 6.45) is 2.29. The molecule has 1 N–H and O–H groups in total. The van der Waals surface area contributed by atoms with Crippen molar-refractivity contribution >= 4 is 0 Å². The SMILES string of the molecule is CCCCOCCOCCOCCNOC. The van der Waals surface area contributed by atoms with Gasteiger partial charge in [0.25, 0.3) is 0 Å². The molecule has 0 heterocycles. The van der Waals surface area contributed by atoms with Gasteiger partial charge in [0.2, 0.25) is 0 Å². The lowest BCUT2D eigenvalue weighted by atomic mass is 10.4. The monoisotopic (exact) mass is 235 g/mol. The molecule has 0 amide bonds. The predicted octanol–water partition coefficient (Wildman–Crippen LogP) is 0.987. The molecule has 0 spiro atoms. The molecule has 0 bridgehead atoms. The Balaban J connectivity index is 2.83. The lowest BCUT2D eigenvalue weighted by molar-refractivity contribution is 0.00584. The normalized spacial score (nSPS) is 10.9. The molecule has 5 heteroatoms. The van der Waals surface area contributed by atoms with Gasteiger partial charge in [-0.1, -0.05) is 13.3 Å². The van der Waals surface area contributed by atoms with Crippen LogP contribution in [0.1, 0.15) is 19.8 Å². The van der Waals surface area contributed by atoms with Gasteiger partial charge in [-0.25, -0.2) is 5.48 Å². The first kappa shape index (κ1) is 15.8. The molecule has 0 radical (unpaired) electrons. The largest absolute Gasteiger partial charge is 0.379 e. The highest BCUT2D eigenvalue weighted by molar-refractivity contribution is 4.36. The van der Waals surface area contributed by atoms with Gasteiger partial charge >= 0.3 is 0 Å². The molecule has 0 saturated heterocycles. The highest BCUT2D eigenvalue weighted by atomic mass is 16.6. The minimum absolute atomic E-state index is 0.611. The van der Waals surface area contributed by atoms with Crippen molar-refractivity contribution in [2.45, 2.75) is 19.8 Å². The van der Waals surface area contributed by atoms with Crippen molar-refractivity contribution in [2.24, 2.45) is 0 Å². The second kappa shape index (κ2) is 14.8. The van der Waals surface area contributed by atoms with Gasteiger partial charge in [-0.05, 0) is 6.42 Å². The quantitative estimate of drug-likeness (QED) is 0.381. The van der Waals surface area contributed by atoms with E-state index in [1.165, 1.54) is 6.42 Å². The van der Waals surface area contributed by atoms with Crippen molar-refractivity contribution < 1.29 is 19.0 Å². The Labute approximate surface area is 98.3 Å². The first-order valence-electron chi connectivity index (χ1n) is 5.91. The fourth-order valence-electron chi connectivity index (χ4n) is 1.00. The van der Waals surface area contributed by atoms with E-state index in [4.69, 9.17) is 14.2 Å². The van der Waals surface area contributed by atoms with Crippen molar-refractivity contribution in [3.63, 3.8) is 0 Å². The number of hydroxylamine groups is 1. The molecule has 0 aromatic carbocycles. The molecule has 0 saturated carbocycles. The van der Waals surface area contributed by atoms with E-state index in [0.717, 1.165) is 13.0 Å². The van der Waals surface area contributed by atoms with Gasteiger partial charge in [-0.15, -0.1) is 0 Å². The zero-order chi connectivity index (χ0) is 11.9. The second-order valence-corrected chi connectivity index (χ2v) is 3.29. The fraction of sp³-hybridized carbons (Fsp3) is 1.00. The van der Waals surface area contributed by atoms with E-state index in [1.807, 2.05) is 0 Å². The Kier molecular flexibility index (Phi) is 14.6. The van der Waals surface area contributed by atoms with Crippen molar-refractivity contribution in [2.75, 3.05) is 53.3 Å². The highest BCUT2D eigenvalue weighted by Gasteiger charge is 1.91. The topological polar surface area (TPSA) is 49.0 Å². The first-order valence-corrected chi connectivity index (χ1v) is 5.91. The molecule has 0 aromatic rings. The van der Waals surface area contributed by atoms with Crippen molar-refractivity contribution in [1.82, 2.24) is 5.48 Å². The third-order valence-corrected chi connectivity index (χ3v) is 1.88. The third kappa shape index (κ3) is 13.8. The number of rotatable bonds is 13. The average molecular weight is 235 g/mol. The Morgan fingerprint density at radius 2 is 1.38 bits per heavy atom. The van der Waals surface area contributed by atoms with E-state index in [1.54, 1.807) is 7.11 Å². The predicted molar refractivity (Wildman–Crippen MR) is 62.4 cm³/mol. The second-order valence-electron chi connectivity index (χ2n) is 3.29. The molecule has 0 aliphatic carbocycles. The van der Waals surface area contributed by atoms with Crippen molar-refractivity contribution in [1.29, 1.82) is 0 Å². The van der Waals surface area contributed by atoms with Gasteiger partial charge in [0.15, 0.2) is 0 Å². The number of hydrogen-bond acceptors (Lipinski definition) is 5. The summed E-state index contributed by atoms with van der Waals surface area (Å²) in [5.41, 5.74) is 2.69. The molecule has 16 heavy (non-hydrogen) atoms. The molecule has 5 nitrogen and oxygen atoms in total. The van der Waals surface area contributed by atoms with Crippen LogP contribution in [0.25, 0.3) is 0 Å². The van der Waals surface area contributed by atoms with Crippen LogP contribution in [0.2, 0.25) is 0 Å². The zero-order valence-corrected chi connectivity index (χ0v) is 10.5. The average Bonchev–Trinajstić information content (AvgIpc) is 2.31. The Morgan fingerprint density at radius 3 is 1.94 bits per heavy atom. The van der Waals surface area contributed by atoms with E-state index < -0.39 is 0 Å². The molecule has 0 unspecified atom stereocenters. The van der Waals surface area contributed by atoms with Gasteiger partial charge in [0, 0.05) is 13.2 Å². The maximum atomic E-state index is 5.34. The third-order valence-electron chi connectivity index (χ3n) is 1.88. The molecule has 0 aliphatic heterocycles. The smallest absolute Gasteiger partial charge is 0.0701 e. The van der Waals surface area contributed by atoms with Gasteiger partial charge in [-0.2, -0.15) is 0 Å². The van der Waals surface area contributed by atoms with Gasteiger partial charge < -0.3 is 19.0 Å². The van der Waals surface area contributed by atoms with Crippen LogP contribution >= 0.6 is 0 Å².